The van der Waals surface area contributed by atoms with Crippen LogP contribution < -0.4 is 5.32 Å². The van der Waals surface area contributed by atoms with E-state index in [0.717, 1.165) is 13.0 Å². The van der Waals surface area contributed by atoms with Gasteiger partial charge in [-0.15, -0.1) is 0 Å². The highest BCUT2D eigenvalue weighted by molar-refractivity contribution is 5.80. The first-order valence-electron chi connectivity index (χ1n) is 6.28. The van der Waals surface area contributed by atoms with Crippen molar-refractivity contribution in [1.29, 1.82) is 0 Å². The molecule has 1 fully saturated rings. The lowest BCUT2D eigenvalue weighted by Gasteiger charge is -2.20. The molecule has 0 saturated carbocycles. The molecule has 0 aliphatic carbocycles. The summed E-state index contributed by atoms with van der Waals surface area (Å²) in [5.41, 5.74) is 0. The van der Waals surface area contributed by atoms with Gasteiger partial charge in [0.15, 0.2) is 0 Å². The zero-order chi connectivity index (χ0) is 11.1. The van der Waals surface area contributed by atoms with Crippen LogP contribution in [0.2, 0.25) is 0 Å². The average Bonchev–Trinajstić information content (AvgIpc) is 2.54. The van der Waals surface area contributed by atoms with E-state index in [1.54, 1.807) is 0 Å². The molecule has 1 rings (SSSR count). The summed E-state index contributed by atoms with van der Waals surface area (Å²) >= 11 is 0. The summed E-state index contributed by atoms with van der Waals surface area (Å²) in [5.74, 6) is 0.260. The predicted octanol–water partition coefficient (Wildman–Crippen LogP) is 2.12. The van der Waals surface area contributed by atoms with Crippen molar-refractivity contribution < 1.29 is 4.79 Å². The van der Waals surface area contributed by atoms with Crippen molar-refractivity contribution in [3.05, 3.63) is 0 Å². The van der Waals surface area contributed by atoms with Gasteiger partial charge in [0, 0.05) is 6.54 Å². The Labute approximate surface area is 93.2 Å². The number of rotatable bonds is 7. The van der Waals surface area contributed by atoms with Crippen LogP contribution in [-0.2, 0) is 4.79 Å². The maximum absolute atomic E-state index is 11.4. The largest absolute Gasteiger partial charge is 0.326 e. The minimum Gasteiger partial charge on any atom is -0.326 e. The van der Waals surface area contributed by atoms with Gasteiger partial charge in [-0.2, -0.15) is 0 Å². The van der Waals surface area contributed by atoms with Crippen molar-refractivity contribution in [3.8, 4) is 0 Å². The van der Waals surface area contributed by atoms with Crippen molar-refractivity contribution in [2.45, 2.75) is 58.5 Å². The van der Waals surface area contributed by atoms with E-state index in [4.69, 9.17) is 0 Å². The standard InChI is InChI=1S/C12H24N2O/c1-3-4-5-6-7-8-9-14-11(2)13-10-12(14)15/h11,13H,3-10H2,1-2H3. The molecule has 0 radical (unpaired) electrons. The van der Waals surface area contributed by atoms with Crippen molar-refractivity contribution in [2.75, 3.05) is 13.1 Å². The highest BCUT2D eigenvalue weighted by Crippen LogP contribution is 2.09. The van der Waals surface area contributed by atoms with Crippen LogP contribution in [0, 0.1) is 0 Å². The lowest BCUT2D eigenvalue weighted by molar-refractivity contribution is -0.127. The van der Waals surface area contributed by atoms with Crippen LogP contribution in [0.5, 0.6) is 0 Å². The van der Waals surface area contributed by atoms with Crippen molar-refractivity contribution in [2.24, 2.45) is 0 Å². The molecule has 1 heterocycles. The molecule has 1 N–H and O–H groups in total. The Morgan fingerprint density at radius 3 is 2.53 bits per heavy atom. The van der Waals surface area contributed by atoms with E-state index >= 15 is 0 Å². The van der Waals surface area contributed by atoms with Gasteiger partial charge in [-0.05, 0) is 13.3 Å². The second-order valence-electron chi connectivity index (χ2n) is 4.41. The second kappa shape index (κ2) is 6.83. The smallest absolute Gasteiger partial charge is 0.237 e. The fourth-order valence-electron chi connectivity index (χ4n) is 2.04. The van der Waals surface area contributed by atoms with Gasteiger partial charge in [-0.25, -0.2) is 0 Å². The molecule has 0 aromatic rings. The molecule has 1 unspecified atom stereocenters. The van der Waals surface area contributed by atoms with Crippen LogP contribution in [0.15, 0.2) is 0 Å². The minimum atomic E-state index is 0.244. The van der Waals surface area contributed by atoms with E-state index in [9.17, 15) is 4.79 Å². The van der Waals surface area contributed by atoms with Gasteiger partial charge in [0.1, 0.15) is 0 Å². The Hall–Kier alpha value is -0.570. The zero-order valence-electron chi connectivity index (χ0n) is 10.1. The summed E-state index contributed by atoms with van der Waals surface area (Å²) in [5, 5.41) is 3.16. The molecule has 0 spiro atoms. The van der Waals surface area contributed by atoms with E-state index in [0.29, 0.717) is 6.54 Å². The van der Waals surface area contributed by atoms with Crippen molar-refractivity contribution in [3.63, 3.8) is 0 Å². The van der Waals surface area contributed by atoms with Gasteiger partial charge in [-0.1, -0.05) is 39.0 Å². The Balaban J connectivity index is 2.02. The monoisotopic (exact) mass is 212 g/mol. The molecule has 15 heavy (non-hydrogen) atoms. The van der Waals surface area contributed by atoms with Gasteiger partial charge >= 0.3 is 0 Å². The number of unbranched alkanes of at least 4 members (excludes halogenated alkanes) is 5. The fraction of sp³-hybridized carbons (Fsp3) is 0.917. The van der Waals surface area contributed by atoms with E-state index in [1.807, 2.05) is 4.90 Å². The summed E-state index contributed by atoms with van der Waals surface area (Å²) in [6.07, 6.45) is 7.97. The van der Waals surface area contributed by atoms with Crippen molar-refractivity contribution in [1.82, 2.24) is 10.2 Å². The van der Waals surface area contributed by atoms with Crippen LogP contribution >= 0.6 is 0 Å². The lowest BCUT2D eigenvalue weighted by Crippen LogP contribution is -2.35. The molecule has 0 aromatic carbocycles. The topological polar surface area (TPSA) is 32.3 Å². The van der Waals surface area contributed by atoms with Gasteiger partial charge < -0.3 is 4.90 Å². The quantitative estimate of drug-likeness (QED) is 0.656. The Morgan fingerprint density at radius 2 is 1.93 bits per heavy atom. The Bertz CT molecular complexity index is 194. The maximum atomic E-state index is 11.4. The second-order valence-corrected chi connectivity index (χ2v) is 4.41. The molecular weight excluding hydrogens is 188 g/mol. The van der Waals surface area contributed by atoms with Crippen molar-refractivity contribution >= 4 is 5.91 Å². The summed E-state index contributed by atoms with van der Waals surface area (Å²) in [6, 6.07) is 0. The predicted molar refractivity (Wildman–Crippen MR) is 62.6 cm³/mol. The number of amides is 1. The zero-order valence-corrected chi connectivity index (χ0v) is 10.1. The molecule has 0 bridgehead atoms. The average molecular weight is 212 g/mol. The molecule has 1 saturated heterocycles. The molecule has 1 atom stereocenters. The first kappa shape index (κ1) is 12.5. The number of nitrogens with zero attached hydrogens (tertiary/aromatic N) is 1. The third-order valence-electron chi connectivity index (χ3n) is 3.09. The maximum Gasteiger partial charge on any atom is 0.237 e. The Kier molecular flexibility index (Phi) is 5.69. The number of carbonyl (C=O) groups is 1. The summed E-state index contributed by atoms with van der Waals surface area (Å²) in [6.45, 7) is 5.74. The molecule has 3 nitrogen and oxygen atoms in total. The lowest BCUT2D eigenvalue weighted by atomic mass is 10.1. The van der Waals surface area contributed by atoms with Crippen LogP contribution in [0.4, 0.5) is 0 Å². The van der Waals surface area contributed by atoms with Gasteiger partial charge in [-0.3, -0.25) is 10.1 Å². The summed E-state index contributed by atoms with van der Waals surface area (Å²) in [4.78, 5) is 13.4. The fourth-order valence-corrected chi connectivity index (χ4v) is 2.04. The molecule has 1 aliphatic heterocycles. The molecule has 1 aliphatic rings. The Morgan fingerprint density at radius 1 is 1.27 bits per heavy atom. The normalized spacial score (nSPS) is 21.3. The van der Waals surface area contributed by atoms with E-state index in [2.05, 4.69) is 19.2 Å². The third kappa shape index (κ3) is 4.20. The minimum absolute atomic E-state index is 0.244. The molecule has 0 aromatic heterocycles. The number of hydrogen-bond donors (Lipinski definition) is 1. The highest BCUT2D eigenvalue weighted by atomic mass is 16.2. The third-order valence-corrected chi connectivity index (χ3v) is 3.09. The number of hydrogen-bond acceptors (Lipinski definition) is 2. The molecular formula is C12H24N2O. The highest BCUT2D eigenvalue weighted by Gasteiger charge is 2.25. The SMILES string of the molecule is CCCCCCCCN1C(=O)CNC1C. The number of nitrogens with one attached hydrogen (secondary N) is 1. The first-order valence-corrected chi connectivity index (χ1v) is 6.28. The van der Waals surface area contributed by atoms with E-state index in [1.165, 1.54) is 32.1 Å². The van der Waals surface area contributed by atoms with Gasteiger partial charge in [0.25, 0.3) is 0 Å². The van der Waals surface area contributed by atoms with Crippen LogP contribution in [0.25, 0.3) is 0 Å². The number of carbonyl (C=O) groups excluding carboxylic acids is 1. The summed E-state index contributed by atoms with van der Waals surface area (Å²) < 4.78 is 0. The van der Waals surface area contributed by atoms with Crippen LogP contribution in [0.1, 0.15) is 52.4 Å². The first-order chi connectivity index (χ1) is 7.25. The molecule has 3 heteroatoms. The van der Waals surface area contributed by atoms with Gasteiger partial charge in [0.05, 0.1) is 12.7 Å². The van der Waals surface area contributed by atoms with E-state index in [-0.39, 0.29) is 12.1 Å². The van der Waals surface area contributed by atoms with E-state index < -0.39 is 0 Å². The molecule has 88 valence electrons. The van der Waals surface area contributed by atoms with Gasteiger partial charge in [0.2, 0.25) is 5.91 Å². The van der Waals surface area contributed by atoms with Crippen LogP contribution in [-0.4, -0.2) is 30.1 Å². The van der Waals surface area contributed by atoms with Crippen LogP contribution in [0.3, 0.4) is 0 Å². The molecule has 1 amide bonds. The summed E-state index contributed by atoms with van der Waals surface area (Å²) in [7, 11) is 0.